The summed E-state index contributed by atoms with van der Waals surface area (Å²) in [5.74, 6) is 0. The maximum absolute atomic E-state index is 2.48. The van der Waals surface area contributed by atoms with Gasteiger partial charge in [0.2, 0.25) is 0 Å². The Morgan fingerprint density at radius 1 is 0.354 bits per heavy atom. The zero-order valence-electron chi connectivity index (χ0n) is 27.1. The van der Waals surface area contributed by atoms with Gasteiger partial charge in [-0.25, -0.2) is 0 Å². The summed E-state index contributed by atoms with van der Waals surface area (Å²) in [7, 11) is 0. The van der Waals surface area contributed by atoms with Crippen LogP contribution < -0.4 is 0 Å². The van der Waals surface area contributed by atoms with Gasteiger partial charge in [0.25, 0.3) is 0 Å². The van der Waals surface area contributed by atoms with E-state index in [-0.39, 0.29) is 0 Å². The number of aromatic nitrogens is 2. The van der Waals surface area contributed by atoms with Crippen molar-refractivity contribution in [2.45, 2.75) is 13.8 Å². The Kier molecular flexibility index (Phi) is 6.62. The third kappa shape index (κ3) is 4.13. The highest BCUT2D eigenvalue weighted by Gasteiger charge is 2.22. The molecule has 0 aliphatic carbocycles. The van der Waals surface area contributed by atoms with Crippen LogP contribution in [0.15, 0.2) is 170 Å². The highest BCUT2D eigenvalue weighted by Crippen LogP contribution is 2.45. The lowest BCUT2D eigenvalue weighted by atomic mass is 9.93. The third-order valence-corrected chi connectivity index (χ3v) is 9.65. The molecule has 2 heterocycles. The number of benzene rings is 8. The minimum atomic E-state index is 1.16. The maximum Gasteiger partial charge on any atom is 0.0626 e. The maximum atomic E-state index is 2.48. The Hall–Kier alpha value is -6.12. The molecule has 0 radical (unpaired) electrons. The highest BCUT2D eigenvalue weighted by molar-refractivity contribution is 6.27. The van der Waals surface area contributed by atoms with Gasteiger partial charge < -0.3 is 9.13 Å². The molecular weight excluding hydrogens is 581 g/mol. The Labute approximate surface area is 279 Å². The first-order chi connectivity index (χ1) is 23.8. The van der Waals surface area contributed by atoms with Gasteiger partial charge in [-0.15, -0.1) is 0 Å². The van der Waals surface area contributed by atoms with E-state index in [1.165, 1.54) is 82.0 Å². The fourth-order valence-electron chi connectivity index (χ4n) is 7.73. The average molecular weight is 615 g/mol. The molecule has 0 atom stereocenters. The number of para-hydroxylation sites is 3. The van der Waals surface area contributed by atoms with Gasteiger partial charge in [0.1, 0.15) is 0 Å². The van der Waals surface area contributed by atoms with Crippen LogP contribution >= 0.6 is 0 Å². The molecule has 8 aromatic carbocycles. The van der Waals surface area contributed by atoms with Crippen molar-refractivity contribution in [3.05, 3.63) is 170 Å². The molecule has 0 saturated heterocycles. The van der Waals surface area contributed by atoms with E-state index in [4.69, 9.17) is 0 Å². The molecule has 2 heteroatoms. The van der Waals surface area contributed by atoms with Gasteiger partial charge in [0.15, 0.2) is 0 Å². The van der Waals surface area contributed by atoms with Crippen molar-refractivity contribution in [1.29, 1.82) is 0 Å². The van der Waals surface area contributed by atoms with Gasteiger partial charge >= 0.3 is 0 Å². The van der Waals surface area contributed by atoms with Crippen molar-refractivity contribution < 1.29 is 0 Å². The van der Waals surface area contributed by atoms with Crippen LogP contribution in [0.1, 0.15) is 13.8 Å². The first kappa shape index (κ1) is 28.1. The van der Waals surface area contributed by atoms with Gasteiger partial charge in [0.05, 0.1) is 22.1 Å². The highest BCUT2D eigenvalue weighted by atomic mass is 15.0. The molecule has 0 aliphatic rings. The van der Waals surface area contributed by atoms with Crippen LogP contribution in [0.2, 0.25) is 0 Å². The van der Waals surface area contributed by atoms with Crippen LogP contribution in [0, 0.1) is 0 Å². The molecule has 2 nitrogen and oxygen atoms in total. The van der Waals surface area contributed by atoms with Crippen LogP contribution in [0.4, 0.5) is 0 Å². The van der Waals surface area contributed by atoms with Crippen molar-refractivity contribution in [3.8, 4) is 22.5 Å². The third-order valence-electron chi connectivity index (χ3n) is 9.65. The van der Waals surface area contributed by atoms with E-state index in [1.54, 1.807) is 0 Å². The molecule has 0 unspecified atom stereocenters. The largest absolute Gasteiger partial charge is 0.309 e. The molecule has 0 bridgehead atoms. The Morgan fingerprint density at radius 2 is 0.938 bits per heavy atom. The van der Waals surface area contributed by atoms with Gasteiger partial charge in [-0.3, -0.25) is 0 Å². The first-order valence-corrected chi connectivity index (χ1v) is 16.9. The summed E-state index contributed by atoms with van der Waals surface area (Å²) in [5.41, 5.74) is 9.66. The quantitative estimate of drug-likeness (QED) is 0.187. The summed E-state index contributed by atoms with van der Waals surface area (Å²) in [6.45, 7) is 4.00. The lowest BCUT2D eigenvalue weighted by Gasteiger charge is -2.15. The monoisotopic (exact) mass is 614 g/mol. The molecular formula is C46H34N2. The summed E-state index contributed by atoms with van der Waals surface area (Å²) >= 11 is 0. The summed E-state index contributed by atoms with van der Waals surface area (Å²) in [6.07, 6.45) is 0. The number of nitrogens with zero attached hydrogens (tertiary/aromatic N) is 2. The smallest absolute Gasteiger partial charge is 0.0626 e. The normalized spacial score (nSPS) is 11.5. The van der Waals surface area contributed by atoms with Crippen molar-refractivity contribution >= 4 is 65.2 Å². The fraction of sp³-hybridized carbons (Fsp3) is 0.0435. The van der Waals surface area contributed by atoms with Gasteiger partial charge in [-0.2, -0.15) is 0 Å². The number of hydrogen-bond donors (Lipinski definition) is 0. The van der Waals surface area contributed by atoms with Crippen LogP contribution in [0.25, 0.3) is 87.7 Å². The van der Waals surface area contributed by atoms with E-state index in [9.17, 15) is 0 Å². The first-order valence-electron chi connectivity index (χ1n) is 16.9. The molecule has 0 spiro atoms. The van der Waals surface area contributed by atoms with Gasteiger partial charge in [-0.05, 0) is 75.6 Å². The van der Waals surface area contributed by atoms with E-state index in [2.05, 4.69) is 179 Å². The zero-order valence-corrected chi connectivity index (χ0v) is 27.1. The second-order valence-corrected chi connectivity index (χ2v) is 12.1. The van der Waals surface area contributed by atoms with Crippen molar-refractivity contribution in [2.24, 2.45) is 0 Å². The van der Waals surface area contributed by atoms with Crippen molar-refractivity contribution in [3.63, 3.8) is 0 Å². The molecule has 228 valence electrons. The fourth-order valence-corrected chi connectivity index (χ4v) is 7.73. The second-order valence-electron chi connectivity index (χ2n) is 12.1. The lowest BCUT2D eigenvalue weighted by Crippen LogP contribution is -1.97. The predicted molar refractivity (Wildman–Crippen MR) is 207 cm³/mol. The molecule has 0 aliphatic heterocycles. The van der Waals surface area contributed by atoms with Crippen molar-refractivity contribution in [2.75, 3.05) is 0 Å². The topological polar surface area (TPSA) is 9.86 Å². The van der Waals surface area contributed by atoms with Crippen molar-refractivity contribution in [1.82, 2.24) is 9.13 Å². The Bertz CT molecular complexity index is 2780. The lowest BCUT2D eigenvalue weighted by molar-refractivity contribution is 1.18. The molecule has 10 rings (SSSR count). The van der Waals surface area contributed by atoms with Gasteiger partial charge in [-0.1, -0.05) is 135 Å². The summed E-state index contributed by atoms with van der Waals surface area (Å²) in [4.78, 5) is 0. The van der Waals surface area contributed by atoms with Crippen LogP contribution in [0.5, 0.6) is 0 Å². The molecule has 0 saturated carbocycles. The molecule has 48 heavy (non-hydrogen) atoms. The van der Waals surface area contributed by atoms with E-state index in [0.29, 0.717) is 0 Å². The van der Waals surface area contributed by atoms with E-state index in [0.717, 1.165) is 5.69 Å². The van der Waals surface area contributed by atoms with E-state index < -0.39 is 0 Å². The number of fused-ring (bicyclic) bond motifs is 9. The second kappa shape index (κ2) is 11.3. The number of hydrogen-bond acceptors (Lipinski definition) is 0. The molecule has 0 amide bonds. The van der Waals surface area contributed by atoms with E-state index >= 15 is 0 Å². The SMILES string of the molecule is CC.c1ccc(-n2c3ccccc3c3ccc(-c4c5ccccc5cc5c6c7ccccc7ccc6n(-c6ccccc6)c45)cc32)cc1. The summed E-state index contributed by atoms with van der Waals surface area (Å²) in [6, 6.07) is 62.0. The minimum Gasteiger partial charge on any atom is -0.309 e. The van der Waals surface area contributed by atoms with E-state index in [1.807, 2.05) is 13.8 Å². The Morgan fingerprint density at radius 3 is 1.69 bits per heavy atom. The summed E-state index contributed by atoms with van der Waals surface area (Å²) in [5, 5.41) is 10.1. The number of rotatable bonds is 3. The van der Waals surface area contributed by atoms with Crippen LogP contribution in [0.3, 0.4) is 0 Å². The predicted octanol–water partition coefficient (Wildman–Crippen LogP) is 12.9. The zero-order chi connectivity index (χ0) is 32.2. The standard InChI is InChI=1S/C44H28N2.C2H6/c1-3-15-32(16-4-1)45-39-22-12-11-21-36(39)37-25-23-31(28-41(37)45)42-35-20-10-8-14-30(35)27-38-43-34-19-9-7-13-29(34)24-26-40(43)46(44(38)42)33-17-5-2-6-18-33;1-2/h1-28H;1-2H3. The minimum absolute atomic E-state index is 1.16. The summed E-state index contributed by atoms with van der Waals surface area (Å²) < 4.78 is 4.90. The molecule has 0 fully saturated rings. The molecule has 10 aromatic rings. The van der Waals surface area contributed by atoms with Gasteiger partial charge in [0, 0.05) is 38.5 Å². The van der Waals surface area contributed by atoms with Crippen LogP contribution in [-0.4, -0.2) is 9.13 Å². The molecule has 0 N–H and O–H groups in total. The van der Waals surface area contributed by atoms with Crippen LogP contribution in [-0.2, 0) is 0 Å². The average Bonchev–Trinajstić information content (AvgIpc) is 3.68. The Balaban J connectivity index is 0.00000154. The molecule has 2 aromatic heterocycles.